The number of nitrogens with one attached hydrogen (secondary N) is 2. The van der Waals surface area contributed by atoms with Crippen molar-refractivity contribution in [3.05, 3.63) is 90.0 Å². The lowest BCUT2D eigenvalue weighted by molar-refractivity contribution is -0.150. The molecule has 1 saturated heterocycles. The summed E-state index contributed by atoms with van der Waals surface area (Å²) in [5.41, 5.74) is 7.47. The summed E-state index contributed by atoms with van der Waals surface area (Å²) in [6.07, 6.45) is 3.71. The van der Waals surface area contributed by atoms with Crippen LogP contribution in [0.25, 0.3) is 0 Å². The van der Waals surface area contributed by atoms with Crippen molar-refractivity contribution >= 4 is 11.8 Å². The third-order valence-corrected chi connectivity index (χ3v) is 7.07. The zero-order valence-electron chi connectivity index (χ0n) is 23.9. The van der Waals surface area contributed by atoms with Gasteiger partial charge in [0, 0.05) is 26.1 Å². The molecule has 4 N–H and O–H groups in total. The van der Waals surface area contributed by atoms with Crippen molar-refractivity contribution < 1.29 is 19.1 Å². The highest BCUT2D eigenvalue weighted by Crippen LogP contribution is 2.25. The van der Waals surface area contributed by atoms with Crippen LogP contribution in [0.2, 0.25) is 0 Å². The number of unbranched alkanes of at least 4 members (excludes halogenated alkanes) is 1. The standard InChI is InChI=1S/C33H42N4O4/c1-2-22-40-27-15-11-25(12-16-27)23-30-33(39)37(31(32(38)36-30)10-6-7-20-35-21-19-34)24-26-13-17-29(18-14-26)41-28-8-4-3-5-9-28/h3-5,8-9,11-18,30-31,35H,2,6-7,10,19-24,34H2,1H3,(H,36,38)/t30-,31-/m0/s1. The van der Waals surface area contributed by atoms with Crippen LogP contribution >= 0.6 is 0 Å². The van der Waals surface area contributed by atoms with E-state index in [1.54, 1.807) is 4.90 Å². The topological polar surface area (TPSA) is 106 Å². The van der Waals surface area contributed by atoms with Gasteiger partial charge >= 0.3 is 0 Å². The van der Waals surface area contributed by atoms with Gasteiger partial charge in [-0.15, -0.1) is 0 Å². The zero-order valence-corrected chi connectivity index (χ0v) is 23.9. The lowest BCUT2D eigenvalue weighted by atomic mass is 9.96. The maximum Gasteiger partial charge on any atom is 0.246 e. The maximum atomic E-state index is 13.8. The van der Waals surface area contributed by atoms with Crippen molar-refractivity contribution in [3.8, 4) is 17.2 Å². The lowest BCUT2D eigenvalue weighted by Crippen LogP contribution is -2.63. The lowest BCUT2D eigenvalue weighted by Gasteiger charge is -2.39. The van der Waals surface area contributed by atoms with Gasteiger partial charge in [-0.25, -0.2) is 0 Å². The first-order valence-corrected chi connectivity index (χ1v) is 14.6. The number of amides is 2. The quantitative estimate of drug-likeness (QED) is 0.225. The number of carbonyl (C=O) groups is 2. The van der Waals surface area contributed by atoms with E-state index in [0.29, 0.717) is 38.3 Å². The van der Waals surface area contributed by atoms with Crippen LogP contribution in [0, 0.1) is 0 Å². The number of para-hydroxylation sites is 1. The van der Waals surface area contributed by atoms with Crippen LogP contribution < -0.4 is 25.8 Å². The van der Waals surface area contributed by atoms with Gasteiger partial charge in [-0.05, 0) is 79.8 Å². The average molecular weight is 559 g/mol. The number of benzene rings is 3. The number of rotatable bonds is 16. The van der Waals surface area contributed by atoms with Crippen molar-refractivity contribution in [2.45, 2.75) is 57.7 Å². The highest BCUT2D eigenvalue weighted by Gasteiger charge is 2.40. The fraction of sp³-hybridized carbons (Fsp3) is 0.394. The minimum atomic E-state index is -0.618. The first-order valence-electron chi connectivity index (χ1n) is 14.6. The van der Waals surface area contributed by atoms with Crippen molar-refractivity contribution in [2.75, 3.05) is 26.2 Å². The van der Waals surface area contributed by atoms with Gasteiger partial charge in [0.15, 0.2) is 0 Å². The average Bonchev–Trinajstić information content (AvgIpc) is 2.99. The van der Waals surface area contributed by atoms with E-state index in [4.69, 9.17) is 15.2 Å². The number of nitrogens with zero attached hydrogens (tertiary/aromatic N) is 1. The Morgan fingerprint density at radius 2 is 1.54 bits per heavy atom. The monoisotopic (exact) mass is 558 g/mol. The molecule has 3 aromatic carbocycles. The molecule has 1 fully saturated rings. The Balaban J connectivity index is 1.44. The Kier molecular flexibility index (Phi) is 11.6. The molecule has 8 heteroatoms. The van der Waals surface area contributed by atoms with Gasteiger partial charge < -0.3 is 30.7 Å². The Labute approximate surface area is 243 Å². The van der Waals surface area contributed by atoms with Gasteiger partial charge in [0.05, 0.1) is 6.61 Å². The molecular formula is C33H42N4O4. The van der Waals surface area contributed by atoms with Crippen LogP contribution in [0.5, 0.6) is 17.2 Å². The van der Waals surface area contributed by atoms with Crippen molar-refractivity contribution in [1.29, 1.82) is 0 Å². The molecule has 0 aromatic heterocycles. The Bertz CT molecular complexity index is 1220. The van der Waals surface area contributed by atoms with Crippen molar-refractivity contribution in [2.24, 2.45) is 5.73 Å². The van der Waals surface area contributed by atoms with Crippen LogP contribution in [-0.2, 0) is 22.6 Å². The van der Waals surface area contributed by atoms with E-state index in [9.17, 15) is 9.59 Å². The Morgan fingerprint density at radius 3 is 2.24 bits per heavy atom. The Hall–Kier alpha value is -3.88. The van der Waals surface area contributed by atoms with Crippen LogP contribution in [0.4, 0.5) is 0 Å². The molecule has 0 bridgehead atoms. The normalized spacial score (nSPS) is 16.9. The molecule has 218 valence electrons. The molecule has 3 aromatic rings. The first-order chi connectivity index (χ1) is 20.1. The number of nitrogens with two attached hydrogens (primary N) is 1. The minimum Gasteiger partial charge on any atom is -0.494 e. The van der Waals surface area contributed by atoms with Crippen LogP contribution in [-0.4, -0.2) is 55.0 Å². The second-order valence-corrected chi connectivity index (χ2v) is 10.3. The van der Waals surface area contributed by atoms with Crippen molar-refractivity contribution in [3.63, 3.8) is 0 Å². The van der Waals surface area contributed by atoms with E-state index in [-0.39, 0.29) is 11.8 Å². The maximum absolute atomic E-state index is 13.8. The predicted molar refractivity (Wildman–Crippen MR) is 161 cm³/mol. The molecule has 1 aliphatic rings. The minimum absolute atomic E-state index is 0.0632. The SMILES string of the molecule is CCCOc1ccc(C[C@@H]2NC(=O)[C@H](CCCCNCCN)N(Cc3ccc(Oc4ccccc4)cc3)C2=O)cc1. The predicted octanol–water partition coefficient (Wildman–Crippen LogP) is 4.42. The summed E-state index contributed by atoms with van der Waals surface area (Å²) in [4.78, 5) is 28.9. The molecule has 1 aliphatic heterocycles. The zero-order chi connectivity index (χ0) is 28.9. The highest BCUT2D eigenvalue weighted by atomic mass is 16.5. The second kappa shape index (κ2) is 15.8. The number of hydrogen-bond acceptors (Lipinski definition) is 6. The molecule has 41 heavy (non-hydrogen) atoms. The summed E-state index contributed by atoms with van der Waals surface area (Å²) >= 11 is 0. The molecule has 0 aliphatic carbocycles. The van der Waals surface area contributed by atoms with E-state index in [1.807, 2.05) is 78.9 Å². The van der Waals surface area contributed by atoms with E-state index in [1.165, 1.54) is 0 Å². The molecule has 0 spiro atoms. The van der Waals surface area contributed by atoms with Gasteiger partial charge in [0.2, 0.25) is 11.8 Å². The van der Waals surface area contributed by atoms with E-state index < -0.39 is 12.1 Å². The summed E-state index contributed by atoms with van der Waals surface area (Å²) in [5.74, 6) is 2.12. The molecule has 2 amide bonds. The van der Waals surface area contributed by atoms with Crippen molar-refractivity contribution in [1.82, 2.24) is 15.5 Å². The molecule has 0 unspecified atom stereocenters. The van der Waals surface area contributed by atoms with Gasteiger partial charge in [-0.1, -0.05) is 49.4 Å². The summed E-state index contributed by atoms with van der Waals surface area (Å²) in [6.45, 7) is 5.28. The van der Waals surface area contributed by atoms with Crippen LogP contribution in [0.1, 0.15) is 43.7 Å². The summed E-state index contributed by atoms with van der Waals surface area (Å²) < 4.78 is 11.6. The molecule has 2 atom stereocenters. The van der Waals surface area contributed by atoms with Gasteiger partial charge in [-0.3, -0.25) is 9.59 Å². The molecular weight excluding hydrogens is 516 g/mol. The highest BCUT2D eigenvalue weighted by molar-refractivity contribution is 5.97. The summed E-state index contributed by atoms with van der Waals surface area (Å²) in [6, 6.07) is 23.9. The molecule has 1 heterocycles. The summed E-state index contributed by atoms with van der Waals surface area (Å²) in [5, 5.41) is 6.30. The number of piperazine rings is 1. The van der Waals surface area contributed by atoms with Crippen LogP contribution in [0.3, 0.4) is 0 Å². The fourth-order valence-electron chi connectivity index (χ4n) is 4.91. The number of carbonyl (C=O) groups excluding carboxylic acids is 2. The molecule has 0 radical (unpaired) electrons. The fourth-order valence-corrected chi connectivity index (χ4v) is 4.91. The largest absolute Gasteiger partial charge is 0.494 e. The smallest absolute Gasteiger partial charge is 0.246 e. The number of hydrogen-bond donors (Lipinski definition) is 3. The molecule has 4 rings (SSSR count). The first kappa shape index (κ1) is 30.1. The van der Waals surface area contributed by atoms with E-state index in [2.05, 4.69) is 17.6 Å². The van der Waals surface area contributed by atoms with Crippen LogP contribution in [0.15, 0.2) is 78.9 Å². The third-order valence-electron chi connectivity index (χ3n) is 7.07. The van der Waals surface area contributed by atoms with Gasteiger partial charge in [-0.2, -0.15) is 0 Å². The Morgan fingerprint density at radius 1 is 0.854 bits per heavy atom. The molecule has 0 saturated carbocycles. The third kappa shape index (κ3) is 9.06. The van der Waals surface area contributed by atoms with Gasteiger partial charge in [0.25, 0.3) is 0 Å². The van der Waals surface area contributed by atoms with E-state index in [0.717, 1.165) is 55.0 Å². The molecule has 8 nitrogen and oxygen atoms in total. The second-order valence-electron chi connectivity index (χ2n) is 10.3. The summed E-state index contributed by atoms with van der Waals surface area (Å²) in [7, 11) is 0. The number of ether oxygens (including phenoxy) is 2. The van der Waals surface area contributed by atoms with Gasteiger partial charge in [0.1, 0.15) is 29.3 Å². The van der Waals surface area contributed by atoms with E-state index >= 15 is 0 Å².